The fourth-order valence-corrected chi connectivity index (χ4v) is 5.57. The number of likely N-dealkylation sites (tertiary alicyclic amines) is 1. The Morgan fingerprint density at radius 2 is 1.91 bits per heavy atom. The summed E-state index contributed by atoms with van der Waals surface area (Å²) in [6.07, 6.45) is -2.18. The van der Waals surface area contributed by atoms with Crippen molar-refractivity contribution >= 4 is 17.4 Å². The fraction of sp³-hybridized carbons (Fsp3) is 0.600. The highest BCUT2D eigenvalue weighted by Gasteiger charge is 2.57. The third kappa shape index (κ3) is 6.52. The first-order chi connectivity index (χ1) is 16.2. The summed E-state index contributed by atoms with van der Waals surface area (Å²) < 4.78 is 57.1. The topological polar surface area (TPSA) is 57.3 Å². The van der Waals surface area contributed by atoms with Gasteiger partial charge in [-0.2, -0.15) is 17.6 Å². The third-order valence-electron chi connectivity index (χ3n) is 6.93. The molecule has 2 atom stereocenters. The number of rotatable bonds is 8. The molecule has 3 heterocycles. The number of nitrogens with zero attached hydrogens (tertiary/aromatic N) is 2. The minimum Gasteiger partial charge on any atom is -0.336 e. The van der Waals surface area contributed by atoms with Gasteiger partial charge in [-0.15, -0.1) is 11.3 Å². The predicted molar refractivity (Wildman–Crippen MR) is 130 cm³/mol. The molecule has 1 aliphatic rings. The van der Waals surface area contributed by atoms with Crippen LogP contribution in [-0.2, 0) is 12.0 Å². The molecule has 0 spiro atoms. The van der Waals surface area contributed by atoms with Crippen molar-refractivity contribution in [2.75, 3.05) is 13.1 Å². The van der Waals surface area contributed by atoms with E-state index in [9.17, 15) is 22.4 Å². The first-order valence-corrected chi connectivity index (χ1v) is 12.6. The van der Waals surface area contributed by atoms with Crippen molar-refractivity contribution in [3.8, 4) is 0 Å². The number of carbonyl (C=O) groups excluding carboxylic acids is 1. The maximum atomic E-state index is 14.5. The van der Waals surface area contributed by atoms with Crippen molar-refractivity contribution in [3.63, 3.8) is 0 Å². The zero-order valence-corrected chi connectivity index (χ0v) is 21.6. The summed E-state index contributed by atoms with van der Waals surface area (Å²) in [6, 6.07) is 3.59. The SMILES string of the molecule is Cc1ccc(C(C)(C)N2CC[C@](CCc3ccc(F)s3)([C@H](NC(=O)NC(C)C)C(F)(F)F)C2)cn1. The van der Waals surface area contributed by atoms with Gasteiger partial charge in [-0.1, -0.05) is 6.07 Å². The number of halogens is 4. The Kier molecular flexibility index (Phi) is 8.16. The van der Waals surface area contributed by atoms with Crippen LogP contribution in [0.2, 0.25) is 0 Å². The molecule has 2 N–H and O–H groups in total. The molecule has 194 valence electrons. The van der Waals surface area contributed by atoms with Crippen molar-refractivity contribution in [1.29, 1.82) is 0 Å². The Labute approximate surface area is 208 Å². The molecule has 0 bridgehead atoms. The first kappa shape index (κ1) is 27.4. The van der Waals surface area contributed by atoms with Crippen LogP contribution in [0.5, 0.6) is 0 Å². The standard InChI is InChI=1S/C25H34F4N4OS/c1-16(2)31-22(34)32-21(25(27,28)29)24(11-10-19-8-9-20(26)35-19)12-13-33(15-24)23(4,5)18-7-6-17(3)30-14-18/h6-9,14,16,21H,10-13,15H2,1-5H3,(H2,31,32,34)/t21-,24-/m0/s1. The molecule has 1 aliphatic heterocycles. The molecule has 0 aromatic carbocycles. The Morgan fingerprint density at radius 1 is 1.20 bits per heavy atom. The van der Waals surface area contributed by atoms with E-state index in [0.29, 0.717) is 17.8 Å². The lowest BCUT2D eigenvalue weighted by Gasteiger charge is -2.42. The van der Waals surface area contributed by atoms with Crippen molar-refractivity contribution in [3.05, 3.63) is 51.7 Å². The third-order valence-corrected chi connectivity index (χ3v) is 7.86. The molecule has 35 heavy (non-hydrogen) atoms. The molecule has 5 nitrogen and oxygen atoms in total. The summed E-state index contributed by atoms with van der Waals surface area (Å²) in [5.41, 5.74) is -0.0645. The molecule has 2 aromatic rings. The van der Waals surface area contributed by atoms with Crippen molar-refractivity contribution < 1.29 is 22.4 Å². The van der Waals surface area contributed by atoms with E-state index in [4.69, 9.17) is 0 Å². The molecular formula is C25H34F4N4OS. The maximum absolute atomic E-state index is 14.5. The Bertz CT molecular complexity index is 1010. The number of amides is 2. The van der Waals surface area contributed by atoms with Crippen LogP contribution >= 0.6 is 11.3 Å². The molecule has 2 amide bonds. The van der Waals surface area contributed by atoms with E-state index in [0.717, 1.165) is 22.6 Å². The van der Waals surface area contributed by atoms with E-state index >= 15 is 0 Å². The van der Waals surface area contributed by atoms with Crippen LogP contribution in [-0.4, -0.2) is 47.3 Å². The van der Waals surface area contributed by atoms with Gasteiger partial charge in [0.1, 0.15) is 6.04 Å². The monoisotopic (exact) mass is 514 g/mol. The summed E-state index contributed by atoms with van der Waals surface area (Å²) in [5.74, 6) is 0. The molecule has 0 unspecified atom stereocenters. The molecule has 0 aliphatic carbocycles. The number of hydrogen-bond donors (Lipinski definition) is 2. The number of aromatic nitrogens is 1. The van der Waals surface area contributed by atoms with E-state index in [1.54, 1.807) is 26.1 Å². The second kappa shape index (κ2) is 10.4. The van der Waals surface area contributed by atoms with Gasteiger partial charge < -0.3 is 10.6 Å². The average Bonchev–Trinajstić information content (AvgIpc) is 3.37. The molecule has 0 radical (unpaired) electrons. The average molecular weight is 515 g/mol. The van der Waals surface area contributed by atoms with Crippen LogP contribution in [0.15, 0.2) is 30.5 Å². The fourth-order valence-electron chi connectivity index (χ4n) is 4.84. The number of aryl methyl sites for hydroxylation is 2. The van der Waals surface area contributed by atoms with E-state index < -0.39 is 29.2 Å². The van der Waals surface area contributed by atoms with E-state index in [2.05, 4.69) is 15.6 Å². The molecule has 10 heteroatoms. The molecule has 1 saturated heterocycles. The number of pyridine rings is 1. The number of alkyl halides is 3. The van der Waals surface area contributed by atoms with Gasteiger partial charge in [-0.3, -0.25) is 9.88 Å². The van der Waals surface area contributed by atoms with Gasteiger partial charge in [-0.05, 0) is 84.2 Å². The Balaban J connectivity index is 1.94. The quantitative estimate of drug-likeness (QED) is 0.439. The van der Waals surface area contributed by atoms with Crippen LogP contribution in [0.4, 0.5) is 22.4 Å². The Morgan fingerprint density at radius 3 is 2.46 bits per heavy atom. The van der Waals surface area contributed by atoms with Crippen molar-refractivity contribution in [2.45, 2.75) is 77.7 Å². The van der Waals surface area contributed by atoms with Gasteiger partial charge in [-0.25, -0.2) is 4.79 Å². The van der Waals surface area contributed by atoms with Crippen LogP contribution in [0.25, 0.3) is 0 Å². The number of urea groups is 1. The summed E-state index contributed by atoms with van der Waals surface area (Å²) >= 11 is 0.946. The lowest BCUT2D eigenvalue weighted by molar-refractivity contribution is -0.181. The van der Waals surface area contributed by atoms with E-state index in [-0.39, 0.29) is 30.6 Å². The number of thiophene rings is 1. The normalized spacial score (nSPS) is 20.3. The van der Waals surface area contributed by atoms with E-state index in [1.807, 2.05) is 37.8 Å². The highest BCUT2D eigenvalue weighted by molar-refractivity contribution is 7.10. The van der Waals surface area contributed by atoms with Crippen LogP contribution in [0.3, 0.4) is 0 Å². The number of nitrogens with one attached hydrogen (secondary N) is 2. The van der Waals surface area contributed by atoms with Gasteiger partial charge in [0.15, 0.2) is 5.13 Å². The summed E-state index contributed by atoms with van der Waals surface area (Å²) in [6.45, 7) is 9.79. The molecule has 0 saturated carbocycles. The zero-order valence-electron chi connectivity index (χ0n) is 20.8. The number of carbonyl (C=O) groups is 1. The highest BCUT2D eigenvalue weighted by atomic mass is 32.1. The molecular weight excluding hydrogens is 480 g/mol. The molecule has 2 aromatic heterocycles. The largest absolute Gasteiger partial charge is 0.409 e. The van der Waals surface area contributed by atoms with Crippen molar-refractivity contribution in [1.82, 2.24) is 20.5 Å². The second-order valence-electron chi connectivity index (χ2n) is 10.2. The summed E-state index contributed by atoms with van der Waals surface area (Å²) in [4.78, 5) is 19.5. The zero-order chi connectivity index (χ0) is 26.0. The second-order valence-corrected chi connectivity index (χ2v) is 11.4. The lowest BCUT2D eigenvalue weighted by Crippen LogP contribution is -2.60. The van der Waals surface area contributed by atoms with Crippen LogP contribution in [0, 0.1) is 17.5 Å². The van der Waals surface area contributed by atoms with Crippen LogP contribution < -0.4 is 10.6 Å². The van der Waals surface area contributed by atoms with Gasteiger partial charge in [0.25, 0.3) is 0 Å². The highest BCUT2D eigenvalue weighted by Crippen LogP contribution is 2.48. The predicted octanol–water partition coefficient (Wildman–Crippen LogP) is 5.79. The maximum Gasteiger partial charge on any atom is 0.409 e. The van der Waals surface area contributed by atoms with Gasteiger partial charge >= 0.3 is 12.2 Å². The van der Waals surface area contributed by atoms with Gasteiger partial charge in [0, 0.05) is 40.3 Å². The molecule has 1 fully saturated rings. The van der Waals surface area contributed by atoms with E-state index in [1.165, 1.54) is 6.07 Å². The van der Waals surface area contributed by atoms with Gasteiger partial charge in [0.2, 0.25) is 0 Å². The minimum atomic E-state index is -4.65. The lowest BCUT2D eigenvalue weighted by atomic mass is 9.74. The summed E-state index contributed by atoms with van der Waals surface area (Å²) in [7, 11) is 0. The molecule has 3 rings (SSSR count). The smallest absolute Gasteiger partial charge is 0.336 e. The number of hydrogen-bond acceptors (Lipinski definition) is 4. The first-order valence-electron chi connectivity index (χ1n) is 11.8. The van der Waals surface area contributed by atoms with Gasteiger partial charge in [0.05, 0.1) is 0 Å². The summed E-state index contributed by atoms with van der Waals surface area (Å²) in [5, 5.41) is 4.40. The van der Waals surface area contributed by atoms with Crippen molar-refractivity contribution in [2.24, 2.45) is 5.41 Å². The van der Waals surface area contributed by atoms with Crippen LogP contribution in [0.1, 0.15) is 56.7 Å². The Hall–Kier alpha value is -2.20. The minimum absolute atomic E-state index is 0.133.